The number of oxazole rings is 1. The van der Waals surface area contributed by atoms with Crippen molar-refractivity contribution < 1.29 is 23.9 Å². The molecule has 0 radical (unpaired) electrons. The number of amides is 3. The number of β-amino-alcohol motifs (C(OH)–C–C–N with tert-alkyl or cyclic N) is 1. The third kappa shape index (κ3) is 5.57. The monoisotopic (exact) mass is 572 g/mol. The summed E-state index contributed by atoms with van der Waals surface area (Å²) in [5, 5.41) is 13.6. The predicted molar refractivity (Wildman–Crippen MR) is 158 cm³/mol. The van der Waals surface area contributed by atoms with Gasteiger partial charge in [-0.3, -0.25) is 14.4 Å². The van der Waals surface area contributed by atoms with Crippen LogP contribution in [0.5, 0.6) is 0 Å². The number of likely N-dealkylation sites (tertiary alicyclic amines) is 1. The molecule has 42 heavy (non-hydrogen) atoms. The summed E-state index contributed by atoms with van der Waals surface area (Å²) in [5.74, 6) is -0.293. The van der Waals surface area contributed by atoms with Gasteiger partial charge in [0.2, 0.25) is 11.8 Å². The Kier molecular flexibility index (Phi) is 7.98. The lowest BCUT2D eigenvalue weighted by Crippen LogP contribution is -2.55. The lowest BCUT2D eigenvalue weighted by molar-refractivity contribution is -0.143. The van der Waals surface area contributed by atoms with E-state index in [1.54, 1.807) is 11.0 Å². The number of fused-ring (bicyclic) bond motifs is 1. The first kappa shape index (κ1) is 29.5. The van der Waals surface area contributed by atoms with Crippen molar-refractivity contribution >= 4 is 17.7 Å². The van der Waals surface area contributed by atoms with Crippen LogP contribution in [0.25, 0.3) is 11.3 Å². The molecule has 3 heterocycles. The summed E-state index contributed by atoms with van der Waals surface area (Å²) < 4.78 is 5.60. The molecule has 3 amide bonds. The fourth-order valence-corrected chi connectivity index (χ4v) is 6.20. The molecular formula is C33H40N4O5. The summed E-state index contributed by atoms with van der Waals surface area (Å²) in [6.45, 7) is 12.7. The highest BCUT2D eigenvalue weighted by Gasteiger charge is 2.45. The van der Waals surface area contributed by atoms with Crippen LogP contribution in [0.1, 0.15) is 73.8 Å². The molecule has 9 heteroatoms. The minimum atomic E-state index is -0.831. The molecule has 3 unspecified atom stereocenters. The van der Waals surface area contributed by atoms with Gasteiger partial charge in [0.15, 0.2) is 12.2 Å². The van der Waals surface area contributed by atoms with E-state index in [1.165, 1.54) is 11.3 Å². The lowest BCUT2D eigenvalue weighted by atomic mass is 9.82. The van der Waals surface area contributed by atoms with E-state index < -0.39 is 18.2 Å². The molecule has 1 fully saturated rings. The van der Waals surface area contributed by atoms with Crippen molar-refractivity contribution in [2.24, 2.45) is 5.92 Å². The molecule has 9 nitrogen and oxygen atoms in total. The number of carbonyl (C=O) groups excluding carboxylic acids is 3. The number of rotatable bonds is 7. The zero-order valence-electron chi connectivity index (χ0n) is 25.2. The first-order valence-electron chi connectivity index (χ1n) is 14.6. The number of benzene rings is 2. The van der Waals surface area contributed by atoms with Crippen LogP contribution in [-0.4, -0.2) is 62.3 Å². The zero-order valence-corrected chi connectivity index (χ0v) is 25.2. The zero-order chi connectivity index (χ0) is 30.3. The van der Waals surface area contributed by atoms with E-state index in [0.717, 1.165) is 27.9 Å². The topological polar surface area (TPSA) is 116 Å². The molecule has 0 bridgehead atoms. The van der Waals surface area contributed by atoms with Crippen molar-refractivity contribution in [3.05, 3.63) is 76.8 Å². The van der Waals surface area contributed by atoms with Crippen molar-refractivity contribution in [3.8, 4) is 11.3 Å². The van der Waals surface area contributed by atoms with Crippen molar-refractivity contribution in [1.29, 1.82) is 0 Å². The predicted octanol–water partition coefficient (Wildman–Crippen LogP) is 4.21. The molecule has 3 atom stereocenters. The summed E-state index contributed by atoms with van der Waals surface area (Å²) in [6.07, 6.45) is 0.756. The fourth-order valence-electron chi connectivity index (χ4n) is 6.20. The number of aryl methyl sites for hydroxylation is 1. The van der Waals surface area contributed by atoms with E-state index in [2.05, 4.69) is 37.1 Å². The number of aliphatic hydroxyl groups is 1. The Bertz CT molecular complexity index is 1500. The molecule has 0 aliphatic carbocycles. The Hall–Kier alpha value is -3.98. The SMILES string of the molecule is Cc1ncoc1-c1ccc(CNC(=O)C2CC(O)CN2C(=O)C(C(C)C)N2Cc3ccccc3C2=O)c(C(C)(C)C)c1. The Morgan fingerprint density at radius 2 is 1.90 bits per heavy atom. The van der Waals surface area contributed by atoms with Gasteiger partial charge in [-0.1, -0.05) is 65.0 Å². The van der Waals surface area contributed by atoms with Gasteiger partial charge in [-0.15, -0.1) is 0 Å². The number of carbonyl (C=O) groups is 3. The van der Waals surface area contributed by atoms with Crippen molar-refractivity contribution in [2.75, 3.05) is 6.54 Å². The molecule has 222 valence electrons. The minimum Gasteiger partial charge on any atom is -0.443 e. The highest BCUT2D eigenvalue weighted by atomic mass is 16.3. The van der Waals surface area contributed by atoms with Crippen molar-refractivity contribution in [1.82, 2.24) is 20.1 Å². The average Bonchev–Trinajstić information content (AvgIpc) is 3.64. The molecule has 2 aliphatic heterocycles. The molecule has 2 aromatic carbocycles. The van der Waals surface area contributed by atoms with E-state index in [1.807, 2.05) is 51.1 Å². The molecule has 2 N–H and O–H groups in total. The van der Waals surface area contributed by atoms with E-state index >= 15 is 0 Å². The largest absolute Gasteiger partial charge is 0.443 e. The van der Waals surface area contributed by atoms with Crippen molar-refractivity contribution in [2.45, 2.75) is 84.7 Å². The molecule has 3 aromatic rings. The Labute approximate surface area is 246 Å². The molecule has 1 aromatic heterocycles. The van der Waals surface area contributed by atoms with Crippen LogP contribution in [0.3, 0.4) is 0 Å². The molecule has 5 rings (SSSR count). The van der Waals surface area contributed by atoms with E-state index in [0.29, 0.717) is 17.9 Å². The van der Waals surface area contributed by atoms with E-state index in [4.69, 9.17) is 4.42 Å². The van der Waals surface area contributed by atoms with Crippen LogP contribution in [0.4, 0.5) is 0 Å². The van der Waals surface area contributed by atoms with Crippen LogP contribution in [0.15, 0.2) is 53.3 Å². The molecule has 0 spiro atoms. The van der Waals surface area contributed by atoms with E-state index in [-0.39, 0.29) is 48.6 Å². The number of aliphatic hydroxyl groups excluding tert-OH is 1. The molecule has 2 aliphatic rings. The maximum atomic E-state index is 14.0. The number of aromatic nitrogens is 1. The van der Waals surface area contributed by atoms with Gasteiger partial charge >= 0.3 is 0 Å². The first-order chi connectivity index (χ1) is 19.9. The van der Waals surface area contributed by atoms with Crippen LogP contribution in [0.2, 0.25) is 0 Å². The summed E-state index contributed by atoms with van der Waals surface area (Å²) in [5.41, 5.74) is 5.01. The minimum absolute atomic E-state index is 0.0492. The van der Waals surface area contributed by atoms with E-state index in [9.17, 15) is 19.5 Å². The quantitative estimate of drug-likeness (QED) is 0.438. The first-order valence-corrected chi connectivity index (χ1v) is 14.6. The van der Waals surface area contributed by atoms with Crippen LogP contribution in [-0.2, 0) is 28.1 Å². The van der Waals surface area contributed by atoms with Gasteiger partial charge in [-0.2, -0.15) is 0 Å². The van der Waals surface area contributed by atoms with Gasteiger partial charge in [0.05, 0.1) is 11.8 Å². The Morgan fingerprint density at radius 1 is 1.17 bits per heavy atom. The second kappa shape index (κ2) is 11.4. The summed E-state index contributed by atoms with van der Waals surface area (Å²) in [4.78, 5) is 48.1. The summed E-state index contributed by atoms with van der Waals surface area (Å²) in [7, 11) is 0. The number of hydrogen-bond acceptors (Lipinski definition) is 6. The van der Waals surface area contributed by atoms with Crippen LogP contribution >= 0.6 is 0 Å². The van der Waals surface area contributed by atoms with Crippen molar-refractivity contribution in [3.63, 3.8) is 0 Å². The molecular weight excluding hydrogens is 532 g/mol. The third-order valence-electron chi connectivity index (χ3n) is 8.31. The average molecular weight is 573 g/mol. The number of nitrogens with one attached hydrogen (secondary N) is 1. The van der Waals surface area contributed by atoms with Crippen LogP contribution < -0.4 is 5.32 Å². The highest BCUT2D eigenvalue weighted by molar-refractivity contribution is 6.01. The lowest BCUT2D eigenvalue weighted by Gasteiger charge is -2.35. The second-order valence-corrected chi connectivity index (χ2v) is 12.8. The second-order valence-electron chi connectivity index (χ2n) is 12.8. The Morgan fingerprint density at radius 3 is 2.55 bits per heavy atom. The number of hydrogen-bond donors (Lipinski definition) is 2. The van der Waals surface area contributed by atoms with Gasteiger partial charge in [0, 0.05) is 37.2 Å². The van der Waals surface area contributed by atoms with Crippen LogP contribution in [0, 0.1) is 12.8 Å². The summed E-state index contributed by atoms with van der Waals surface area (Å²) in [6, 6.07) is 11.8. The standard InChI is InChI=1S/C33H40N4O5/c1-19(2)28(37-16-23-9-7-8-10-25(23)31(37)40)32(41)36-17-24(38)14-27(36)30(39)34-15-22-12-11-21(13-26(22)33(4,5)6)29-20(3)35-18-42-29/h7-13,18-19,24,27-28,38H,14-17H2,1-6H3,(H,34,39). The smallest absolute Gasteiger partial charge is 0.255 e. The van der Waals surface area contributed by atoms with Gasteiger partial charge in [-0.05, 0) is 47.1 Å². The van der Waals surface area contributed by atoms with Gasteiger partial charge in [0.1, 0.15) is 12.1 Å². The maximum Gasteiger partial charge on any atom is 0.255 e. The highest BCUT2D eigenvalue weighted by Crippen LogP contribution is 2.33. The fraction of sp³-hybridized carbons (Fsp3) is 0.455. The number of nitrogens with zero attached hydrogens (tertiary/aromatic N) is 3. The van der Waals surface area contributed by atoms with Gasteiger partial charge < -0.3 is 24.6 Å². The molecule has 0 saturated carbocycles. The van der Waals surface area contributed by atoms with Gasteiger partial charge in [0.25, 0.3) is 5.91 Å². The van der Waals surface area contributed by atoms with Gasteiger partial charge in [-0.25, -0.2) is 4.98 Å². The molecule has 1 saturated heterocycles. The Balaban J connectivity index is 1.34. The maximum absolute atomic E-state index is 14.0. The summed E-state index contributed by atoms with van der Waals surface area (Å²) >= 11 is 0. The normalized spacial score (nSPS) is 19.4. The third-order valence-corrected chi connectivity index (χ3v) is 8.31.